The second kappa shape index (κ2) is 8.77. The Bertz CT molecular complexity index is 619. The van der Waals surface area contributed by atoms with Crippen LogP contribution in [-0.4, -0.2) is 37.4 Å². The summed E-state index contributed by atoms with van der Waals surface area (Å²) in [7, 11) is 3.16. The van der Waals surface area contributed by atoms with Crippen LogP contribution in [0.1, 0.15) is 11.1 Å². The quantitative estimate of drug-likeness (QED) is 0.803. The third kappa shape index (κ3) is 4.86. The largest absolute Gasteiger partial charge is 0.493 e. The Morgan fingerprint density at radius 2 is 1.70 bits per heavy atom. The number of rotatable bonds is 8. The molecule has 0 unspecified atom stereocenters. The minimum atomic E-state index is 0.105. The highest BCUT2D eigenvalue weighted by atomic mass is 35.5. The lowest BCUT2D eigenvalue weighted by Gasteiger charge is -2.22. The normalized spacial score (nSPS) is 10.8. The maximum absolute atomic E-state index is 9.32. The molecule has 0 fully saturated rings. The number of methoxy groups -OCH3 is 2. The minimum absolute atomic E-state index is 0.105. The van der Waals surface area contributed by atoms with Crippen LogP contribution in [0.15, 0.2) is 42.5 Å². The van der Waals surface area contributed by atoms with E-state index in [2.05, 4.69) is 17.0 Å². The molecular formula is C18H22ClNO3. The summed E-state index contributed by atoms with van der Waals surface area (Å²) in [4.78, 5) is 2.16. The summed E-state index contributed by atoms with van der Waals surface area (Å²) in [5, 5.41) is 9.84. The molecule has 0 aliphatic rings. The van der Waals surface area contributed by atoms with E-state index in [1.807, 2.05) is 30.3 Å². The smallest absolute Gasteiger partial charge is 0.179 e. The molecule has 0 atom stereocenters. The van der Waals surface area contributed by atoms with Crippen LogP contribution in [0.25, 0.3) is 0 Å². The second-order valence-corrected chi connectivity index (χ2v) is 5.64. The predicted octanol–water partition coefficient (Wildman–Crippen LogP) is 3.35. The minimum Gasteiger partial charge on any atom is -0.493 e. The Hall–Kier alpha value is -1.75. The highest BCUT2D eigenvalue weighted by molar-refractivity contribution is 6.32. The third-order valence-electron chi connectivity index (χ3n) is 3.56. The summed E-state index contributed by atoms with van der Waals surface area (Å²) < 4.78 is 10.6. The third-order valence-corrected chi connectivity index (χ3v) is 3.85. The fourth-order valence-corrected chi connectivity index (χ4v) is 2.83. The average Bonchev–Trinajstić information content (AvgIpc) is 2.55. The molecule has 4 nitrogen and oxygen atoms in total. The van der Waals surface area contributed by atoms with E-state index in [0.29, 0.717) is 29.6 Å². The van der Waals surface area contributed by atoms with E-state index in [4.69, 9.17) is 21.1 Å². The van der Waals surface area contributed by atoms with Gasteiger partial charge < -0.3 is 14.6 Å². The lowest BCUT2D eigenvalue weighted by Crippen LogP contribution is -2.26. The molecule has 0 aliphatic heterocycles. The second-order valence-electron chi connectivity index (χ2n) is 5.23. The van der Waals surface area contributed by atoms with Gasteiger partial charge in [-0.25, -0.2) is 0 Å². The van der Waals surface area contributed by atoms with Crippen LogP contribution in [0, 0.1) is 0 Å². The van der Waals surface area contributed by atoms with Crippen LogP contribution in [-0.2, 0) is 13.1 Å². The Kier molecular flexibility index (Phi) is 6.71. The van der Waals surface area contributed by atoms with Crippen molar-refractivity contribution in [2.75, 3.05) is 27.4 Å². The molecule has 5 heteroatoms. The van der Waals surface area contributed by atoms with Crippen LogP contribution < -0.4 is 9.47 Å². The van der Waals surface area contributed by atoms with Crippen molar-refractivity contribution >= 4 is 11.6 Å². The number of nitrogens with zero attached hydrogens (tertiary/aromatic N) is 1. The molecule has 0 bridgehead atoms. The highest BCUT2D eigenvalue weighted by Crippen LogP contribution is 2.36. The van der Waals surface area contributed by atoms with Gasteiger partial charge in [-0.05, 0) is 23.3 Å². The van der Waals surface area contributed by atoms with Crippen LogP contribution in [0.2, 0.25) is 5.02 Å². The van der Waals surface area contributed by atoms with E-state index in [1.165, 1.54) is 5.56 Å². The van der Waals surface area contributed by atoms with Gasteiger partial charge in [-0.2, -0.15) is 0 Å². The molecule has 0 aliphatic carbocycles. The standard InChI is InChI=1S/C18H22ClNO3/c1-22-17-11-15(10-16(19)18(17)23-2)13-20(8-9-21)12-14-6-4-3-5-7-14/h3-7,10-11,21H,8-9,12-13H2,1-2H3. The van der Waals surface area contributed by atoms with Gasteiger partial charge in [0.1, 0.15) is 0 Å². The maximum Gasteiger partial charge on any atom is 0.179 e. The van der Waals surface area contributed by atoms with Gasteiger partial charge in [0.2, 0.25) is 0 Å². The van der Waals surface area contributed by atoms with E-state index in [9.17, 15) is 5.11 Å². The molecule has 1 N–H and O–H groups in total. The number of benzene rings is 2. The molecule has 0 heterocycles. The first-order valence-electron chi connectivity index (χ1n) is 7.45. The molecule has 2 aromatic rings. The van der Waals surface area contributed by atoms with Crippen molar-refractivity contribution in [1.82, 2.24) is 4.90 Å². The molecule has 23 heavy (non-hydrogen) atoms. The molecule has 2 rings (SSSR count). The lowest BCUT2D eigenvalue weighted by atomic mass is 10.1. The average molecular weight is 336 g/mol. The van der Waals surface area contributed by atoms with Crippen LogP contribution in [0.4, 0.5) is 0 Å². The number of aliphatic hydroxyl groups excluding tert-OH is 1. The van der Waals surface area contributed by atoms with Crippen LogP contribution in [0.3, 0.4) is 0 Å². The molecule has 2 aromatic carbocycles. The zero-order valence-corrected chi connectivity index (χ0v) is 14.2. The first-order valence-corrected chi connectivity index (χ1v) is 7.83. The summed E-state index contributed by atoms with van der Waals surface area (Å²) in [6.07, 6.45) is 0. The number of aliphatic hydroxyl groups is 1. The topological polar surface area (TPSA) is 41.9 Å². The van der Waals surface area contributed by atoms with Gasteiger partial charge in [0, 0.05) is 19.6 Å². The highest BCUT2D eigenvalue weighted by Gasteiger charge is 2.13. The lowest BCUT2D eigenvalue weighted by molar-refractivity contribution is 0.184. The number of hydrogen-bond acceptors (Lipinski definition) is 4. The Labute approximate surface area is 142 Å². The van der Waals surface area contributed by atoms with Gasteiger partial charge in [-0.3, -0.25) is 4.90 Å². The van der Waals surface area contributed by atoms with Gasteiger partial charge in [-0.15, -0.1) is 0 Å². The van der Waals surface area contributed by atoms with E-state index in [-0.39, 0.29) is 6.61 Å². The number of ether oxygens (including phenoxy) is 2. The molecular weight excluding hydrogens is 314 g/mol. The first-order chi connectivity index (χ1) is 11.2. The van der Waals surface area contributed by atoms with Crippen molar-refractivity contribution in [3.8, 4) is 11.5 Å². The summed E-state index contributed by atoms with van der Waals surface area (Å²) in [5.41, 5.74) is 2.21. The van der Waals surface area contributed by atoms with Gasteiger partial charge in [0.25, 0.3) is 0 Å². The Balaban J connectivity index is 2.18. The zero-order chi connectivity index (χ0) is 16.7. The SMILES string of the molecule is COc1cc(CN(CCO)Cc2ccccc2)cc(Cl)c1OC. The molecule has 124 valence electrons. The van der Waals surface area contributed by atoms with Gasteiger partial charge >= 0.3 is 0 Å². The first kappa shape index (κ1) is 17.6. The molecule has 0 amide bonds. The van der Waals surface area contributed by atoms with Crippen molar-refractivity contribution in [2.45, 2.75) is 13.1 Å². The molecule has 0 spiro atoms. The van der Waals surface area contributed by atoms with Crippen LogP contribution >= 0.6 is 11.6 Å². The molecule has 0 saturated carbocycles. The molecule has 0 saturated heterocycles. The summed E-state index contributed by atoms with van der Waals surface area (Å²) >= 11 is 6.26. The molecule has 0 radical (unpaired) electrons. The van der Waals surface area contributed by atoms with E-state index >= 15 is 0 Å². The van der Waals surface area contributed by atoms with Gasteiger partial charge in [0.15, 0.2) is 11.5 Å². The fraction of sp³-hybridized carbons (Fsp3) is 0.333. The number of halogens is 1. The summed E-state index contributed by atoms with van der Waals surface area (Å²) in [6.45, 7) is 2.11. The maximum atomic E-state index is 9.32. The molecule has 0 aromatic heterocycles. The van der Waals surface area contributed by atoms with Crippen LogP contribution in [0.5, 0.6) is 11.5 Å². The number of hydrogen-bond donors (Lipinski definition) is 1. The zero-order valence-electron chi connectivity index (χ0n) is 13.5. The van der Waals surface area contributed by atoms with E-state index < -0.39 is 0 Å². The Morgan fingerprint density at radius 3 is 2.30 bits per heavy atom. The van der Waals surface area contributed by atoms with E-state index in [1.54, 1.807) is 14.2 Å². The summed E-state index contributed by atoms with van der Waals surface area (Å²) in [6, 6.07) is 14.0. The predicted molar refractivity (Wildman–Crippen MR) is 92.2 cm³/mol. The van der Waals surface area contributed by atoms with Crippen molar-refractivity contribution in [2.24, 2.45) is 0 Å². The fourth-order valence-electron chi connectivity index (χ4n) is 2.52. The van der Waals surface area contributed by atoms with Gasteiger partial charge in [-0.1, -0.05) is 41.9 Å². The Morgan fingerprint density at radius 1 is 1.00 bits per heavy atom. The van der Waals surface area contributed by atoms with Crippen molar-refractivity contribution in [1.29, 1.82) is 0 Å². The monoisotopic (exact) mass is 335 g/mol. The summed E-state index contributed by atoms with van der Waals surface area (Å²) in [5.74, 6) is 1.15. The van der Waals surface area contributed by atoms with E-state index in [0.717, 1.165) is 12.1 Å². The van der Waals surface area contributed by atoms with Crippen molar-refractivity contribution in [3.63, 3.8) is 0 Å². The van der Waals surface area contributed by atoms with Gasteiger partial charge in [0.05, 0.1) is 25.8 Å². The van der Waals surface area contributed by atoms with Crippen molar-refractivity contribution < 1.29 is 14.6 Å². The van der Waals surface area contributed by atoms with Crippen molar-refractivity contribution in [3.05, 3.63) is 58.6 Å².